The van der Waals surface area contributed by atoms with E-state index in [9.17, 15) is 6.30 Å². The molecule has 1 aromatic carbocycles. The number of halogens is 3. The molecule has 0 spiro atoms. The third-order valence-corrected chi connectivity index (χ3v) is 3.89. The minimum atomic E-state index is -5.23. The molecule has 1 aromatic heterocycles. The van der Waals surface area contributed by atoms with Crippen LogP contribution in [-0.2, 0) is 0 Å². The van der Waals surface area contributed by atoms with E-state index in [0.29, 0.717) is 6.04 Å². The van der Waals surface area contributed by atoms with Gasteiger partial charge in [-0.15, -0.1) is 12.1 Å². The zero-order chi connectivity index (χ0) is 18.1. The quantitative estimate of drug-likeness (QED) is 0.558. The van der Waals surface area contributed by atoms with Gasteiger partial charge < -0.3 is 15.0 Å². The summed E-state index contributed by atoms with van der Waals surface area (Å²) in [5.74, 6) is 0.858. The van der Waals surface area contributed by atoms with E-state index in [4.69, 9.17) is 4.74 Å². The number of aromatic nitrogens is 1. The van der Waals surface area contributed by atoms with Crippen LogP contribution in [0.4, 0.5) is 17.7 Å². The summed E-state index contributed by atoms with van der Waals surface area (Å²) < 4.78 is 35.2. The molecular formula is C17H20F3N3OU-. The SMILES string of the molecule is COc1ccncc1N(c1cc[c-]cc1)C1CCNCC1.[F][U]([F])[F]. The van der Waals surface area contributed by atoms with Crippen LogP contribution in [-0.4, -0.2) is 31.2 Å². The van der Waals surface area contributed by atoms with Gasteiger partial charge in [-0.05, 0) is 25.9 Å². The van der Waals surface area contributed by atoms with Gasteiger partial charge in [-0.1, -0.05) is 5.69 Å². The molecule has 3 rings (SSSR count). The monoisotopic (exact) mass is 577 g/mol. The van der Waals surface area contributed by atoms with Gasteiger partial charge >= 0.3 is 34.4 Å². The van der Waals surface area contributed by atoms with E-state index < -0.39 is 28.1 Å². The predicted octanol–water partition coefficient (Wildman–Crippen LogP) is 4.04. The van der Waals surface area contributed by atoms with Crippen molar-refractivity contribution in [3.8, 4) is 5.75 Å². The van der Waals surface area contributed by atoms with E-state index in [2.05, 4.69) is 33.4 Å². The number of piperidine rings is 1. The molecule has 0 atom stereocenters. The third kappa shape index (κ3) is 6.21. The zero-order valence-corrected chi connectivity index (χ0v) is 18.0. The maximum absolute atomic E-state index is 9.89. The van der Waals surface area contributed by atoms with Gasteiger partial charge in [-0.25, -0.2) is 0 Å². The number of benzene rings is 1. The summed E-state index contributed by atoms with van der Waals surface area (Å²) in [4.78, 5) is 6.64. The second-order valence-electron chi connectivity index (χ2n) is 5.37. The number of hydrogen-bond donors (Lipinski definition) is 1. The molecule has 4 nitrogen and oxygen atoms in total. The number of rotatable bonds is 4. The molecule has 0 radical (unpaired) electrons. The molecule has 25 heavy (non-hydrogen) atoms. The Labute approximate surface area is 159 Å². The Hall–Kier alpha value is -1.23. The molecular weight excluding hydrogens is 557 g/mol. The van der Waals surface area contributed by atoms with Crippen LogP contribution >= 0.6 is 0 Å². The molecule has 0 unspecified atom stereocenters. The Kier molecular flexibility index (Phi) is 8.59. The molecule has 1 saturated heterocycles. The van der Waals surface area contributed by atoms with Crippen LogP contribution in [0, 0.1) is 34.2 Å². The number of nitrogens with zero attached hydrogens (tertiary/aromatic N) is 2. The molecule has 1 aliphatic rings. The number of anilines is 2. The van der Waals surface area contributed by atoms with Crippen LogP contribution in [0.25, 0.3) is 0 Å². The summed E-state index contributed by atoms with van der Waals surface area (Å²) in [6.07, 6.45) is 5.87. The summed E-state index contributed by atoms with van der Waals surface area (Å²) in [5.41, 5.74) is 2.19. The number of nitrogens with one attached hydrogen (secondary N) is 1. The molecule has 1 N–H and O–H groups in total. The Morgan fingerprint density at radius 3 is 2.44 bits per heavy atom. The summed E-state index contributed by atoms with van der Waals surface area (Å²) in [6, 6.07) is 13.5. The van der Waals surface area contributed by atoms with E-state index in [1.54, 1.807) is 13.3 Å². The molecule has 135 valence electrons. The fourth-order valence-corrected chi connectivity index (χ4v) is 2.88. The van der Waals surface area contributed by atoms with E-state index in [-0.39, 0.29) is 0 Å². The van der Waals surface area contributed by atoms with Crippen LogP contribution in [0.3, 0.4) is 0 Å². The van der Waals surface area contributed by atoms with E-state index in [0.717, 1.165) is 43.1 Å². The molecule has 1 fully saturated rings. The normalized spacial score (nSPS) is 14.2. The summed E-state index contributed by atoms with van der Waals surface area (Å²) in [5, 5.41) is 3.42. The first kappa shape index (κ1) is 20.1. The Balaban J connectivity index is 0.000000511. The summed E-state index contributed by atoms with van der Waals surface area (Å²) >= 11 is -5.23. The van der Waals surface area contributed by atoms with Crippen LogP contribution in [0.1, 0.15) is 12.8 Å². The van der Waals surface area contributed by atoms with Gasteiger partial charge in [0, 0.05) is 18.3 Å². The number of methoxy groups -OCH3 is 1. The van der Waals surface area contributed by atoms with Crippen molar-refractivity contribution >= 4 is 11.4 Å². The topological polar surface area (TPSA) is 37.4 Å². The first-order valence-electron chi connectivity index (χ1n) is 7.91. The Morgan fingerprint density at radius 2 is 1.84 bits per heavy atom. The fourth-order valence-electron chi connectivity index (χ4n) is 2.88. The molecule has 0 amide bonds. The number of pyridine rings is 1. The van der Waals surface area contributed by atoms with Crippen molar-refractivity contribution < 1.29 is 39.1 Å². The van der Waals surface area contributed by atoms with Crippen molar-refractivity contribution in [2.24, 2.45) is 0 Å². The van der Waals surface area contributed by atoms with Gasteiger partial charge in [-0.3, -0.25) is 4.98 Å². The van der Waals surface area contributed by atoms with Crippen LogP contribution in [0.5, 0.6) is 5.75 Å². The molecule has 0 saturated carbocycles. The van der Waals surface area contributed by atoms with Gasteiger partial charge in [0.15, 0.2) is 0 Å². The zero-order valence-electron chi connectivity index (χ0n) is 13.9. The van der Waals surface area contributed by atoms with Crippen LogP contribution < -0.4 is 15.0 Å². The molecule has 2 heterocycles. The third-order valence-electron chi connectivity index (χ3n) is 3.89. The molecule has 8 heteroatoms. The maximum atomic E-state index is 9.89. The first-order chi connectivity index (χ1) is 12.1. The first-order valence-corrected chi connectivity index (χ1v) is 12.6. The minimum absolute atomic E-state index is 0.451. The molecule has 0 aliphatic carbocycles. The summed E-state index contributed by atoms with van der Waals surface area (Å²) in [6.45, 7) is 2.09. The van der Waals surface area contributed by atoms with Gasteiger partial charge in [-0.2, -0.15) is 18.2 Å². The van der Waals surface area contributed by atoms with E-state index in [1.165, 1.54) is 0 Å². The Bertz CT molecular complexity index is 625. The average Bonchev–Trinajstić information content (AvgIpc) is 2.64. The number of hydrogen-bond acceptors (Lipinski definition) is 4. The van der Waals surface area contributed by atoms with Crippen molar-refractivity contribution in [2.45, 2.75) is 18.9 Å². The Morgan fingerprint density at radius 1 is 1.20 bits per heavy atom. The molecule has 2 aromatic rings. The molecule has 1 aliphatic heterocycles. The average molecular weight is 577 g/mol. The van der Waals surface area contributed by atoms with Gasteiger partial charge in [0.25, 0.3) is 0 Å². The molecule has 0 bridgehead atoms. The summed E-state index contributed by atoms with van der Waals surface area (Å²) in [7, 11) is 1.71. The second kappa shape index (κ2) is 10.7. The van der Waals surface area contributed by atoms with Crippen molar-refractivity contribution in [1.29, 1.82) is 0 Å². The standard InChI is InChI=1S/C17H20N3O.3FH.U/c1-21-17-9-12-19-13-16(17)20(14-5-3-2-4-6-14)15-7-10-18-11-8-15;;;;/h3-6,9,12-13,15,18H,7-8,10-11H2,1H3;3*1H;/q-1;;;;+3/p-3. The van der Waals surface area contributed by atoms with Gasteiger partial charge in [0.05, 0.1) is 13.3 Å². The van der Waals surface area contributed by atoms with Crippen molar-refractivity contribution in [3.63, 3.8) is 0 Å². The van der Waals surface area contributed by atoms with Crippen LogP contribution in [0.2, 0.25) is 0 Å². The predicted molar refractivity (Wildman–Crippen MR) is 87.4 cm³/mol. The second-order valence-corrected chi connectivity index (χ2v) is 7.16. The van der Waals surface area contributed by atoms with Crippen molar-refractivity contribution in [1.82, 2.24) is 10.3 Å². The van der Waals surface area contributed by atoms with Crippen molar-refractivity contribution in [3.05, 3.63) is 48.8 Å². The van der Waals surface area contributed by atoms with Crippen molar-refractivity contribution in [2.75, 3.05) is 25.1 Å². The van der Waals surface area contributed by atoms with Crippen LogP contribution in [0.15, 0.2) is 42.7 Å². The van der Waals surface area contributed by atoms with E-state index >= 15 is 0 Å². The van der Waals surface area contributed by atoms with E-state index in [1.807, 2.05) is 24.4 Å². The fraction of sp³-hybridized carbons (Fsp3) is 0.353. The van der Waals surface area contributed by atoms with Gasteiger partial charge in [0.2, 0.25) is 0 Å². The number of ether oxygens (including phenoxy) is 1. The van der Waals surface area contributed by atoms with Gasteiger partial charge in [0.1, 0.15) is 11.4 Å².